The lowest BCUT2D eigenvalue weighted by Gasteiger charge is -2.19. The van der Waals surface area contributed by atoms with Crippen molar-refractivity contribution in [1.29, 1.82) is 0 Å². The minimum Gasteiger partial charge on any atom is -0.479 e. The summed E-state index contributed by atoms with van der Waals surface area (Å²) in [5, 5.41) is 0. The lowest BCUT2D eigenvalue weighted by molar-refractivity contribution is 0.277. The van der Waals surface area contributed by atoms with E-state index < -0.39 is 0 Å². The Morgan fingerprint density at radius 3 is 2.80 bits per heavy atom. The highest BCUT2D eigenvalue weighted by Crippen LogP contribution is 2.19. The van der Waals surface area contributed by atoms with Crippen LogP contribution in [0.1, 0.15) is 20.3 Å². The summed E-state index contributed by atoms with van der Waals surface area (Å²) >= 11 is 5.38. The van der Waals surface area contributed by atoms with Crippen LogP contribution in [-0.2, 0) is 6.54 Å². The van der Waals surface area contributed by atoms with Gasteiger partial charge in [-0.2, -0.15) is 4.98 Å². The molecule has 0 atom stereocenters. The highest BCUT2D eigenvalue weighted by atomic mass is 32.1. The predicted octanol–water partition coefficient (Wildman–Crippen LogP) is 2.23. The molecule has 0 fully saturated rings. The standard InChI is InChI=1S/C13H21N5OS/c1-4-6-17(5-2)7-8-18-11-10(16-13(18)20)12(19-3)15-9-14-11/h9H,4-8H2,1-3H3,(H,16,20). The number of H-pyrrole nitrogens is 1. The molecule has 20 heavy (non-hydrogen) atoms. The van der Waals surface area contributed by atoms with E-state index in [0.29, 0.717) is 10.7 Å². The third-order valence-corrected chi connectivity index (χ3v) is 3.67. The van der Waals surface area contributed by atoms with Crippen molar-refractivity contribution in [3.8, 4) is 5.88 Å². The number of likely N-dealkylation sites (N-methyl/N-ethyl adjacent to an activating group) is 1. The van der Waals surface area contributed by atoms with Crippen LogP contribution in [0.3, 0.4) is 0 Å². The van der Waals surface area contributed by atoms with Crippen LogP contribution < -0.4 is 4.74 Å². The van der Waals surface area contributed by atoms with Crippen molar-refractivity contribution in [3.63, 3.8) is 0 Å². The van der Waals surface area contributed by atoms with Crippen LogP contribution in [0, 0.1) is 4.77 Å². The summed E-state index contributed by atoms with van der Waals surface area (Å²) in [7, 11) is 1.59. The molecule has 0 aliphatic carbocycles. The fraction of sp³-hybridized carbons (Fsp3) is 0.615. The van der Waals surface area contributed by atoms with E-state index in [1.165, 1.54) is 6.33 Å². The van der Waals surface area contributed by atoms with Gasteiger partial charge < -0.3 is 19.2 Å². The van der Waals surface area contributed by atoms with Crippen molar-refractivity contribution >= 4 is 23.4 Å². The summed E-state index contributed by atoms with van der Waals surface area (Å²) in [6, 6.07) is 0. The van der Waals surface area contributed by atoms with Crippen molar-refractivity contribution in [1.82, 2.24) is 24.4 Å². The van der Waals surface area contributed by atoms with Crippen LogP contribution in [-0.4, -0.2) is 51.2 Å². The van der Waals surface area contributed by atoms with E-state index in [-0.39, 0.29) is 0 Å². The first-order valence-corrected chi connectivity index (χ1v) is 7.31. The van der Waals surface area contributed by atoms with E-state index >= 15 is 0 Å². The molecule has 0 amide bonds. The van der Waals surface area contributed by atoms with Gasteiger partial charge in [0.15, 0.2) is 10.4 Å². The quantitative estimate of drug-likeness (QED) is 0.794. The monoisotopic (exact) mass is 295 g/mol. The fourth-order valence-corrected chi connectivity index (χ4v) is 2.57. The number of hydrogen-bond donors (Lipinski definition) is 1. The smallest absolute Gasteiger partial charge is 0.242 e. The van der Waals surface area contributed by atoms with Gasteiger partial charge in [-0.05, 0) is 31.7 Å². The summed E-state index contributed by atoms with van der Waals surface area (Å²) in [4.78, 5) is 13.9. The van der Waals surface area contributed by atoms with Crippen LogP contribution in [0.15, 0.2) is 6.33 Å². The van der Waals surface area contributed by atoms with Crippen molar-refractivity contribution in [2.24, 2.45) is 0 Å². The lowest BCUT2D eigenvalue weighted by atomic mass is 10.4. The van der Waals surface area contributed by atoms with E-state index in [9.17, 15) is 0 Å². The number of imidazole rings is 1. The van der Waals surface area contributed by atoms with Gasteiger partial charge in [0.2, 0.25) is 5.88 Å². The number of aromatic amines is 1. The Hall–Kier alpha value is -1.47. The van der Waals surface area contributed by atoms with Crippen LogP contribution in [0.4, 0.5) is 0 Å². The van der Waals surface area contributed by atoms with E-state index in [0.717, 1.165) is 43.8 Å². The topological polar surface area (TPSA) is 59.0 Å². The Kier molecular flexibility index (Phi) is 5.08. The highest BCUT2D eigenvalue weighted by molar-refractivity contribution is 7.71. The zero-order valence-corrected chi connectivity index (χ0v) is 13.0. The normalized spacial score (nSPS) is 11.4. The van der Waals surface area contributed by atoms with Gasteiger partial charge in [0, 0.05) is 13.1 Å². The molecule has 0 aliphatic rings. The van der Waals surface area contributed by atoms with E-state index in [1.807, 2.05) is 4.57 Å². The summed E-state index contributed by atoms with van der Waals surface area (Å²) in [6.45, 7) is 8.28. The fourth-order valence-electron chi connectivity index (χ4n) is 2.29. The molecular weight excluding hydrogens is 274 g/mol. The van der Waals surface area contributed by atoms with Gasteiger partial charge >= 0.3 is 0 Å². The molecule has 2 rings (SSSR count). The molecule has 110 valence electrons. The first kappa shape index (κ1) is 14.9. The Morgan fingerprint density at radius 2 is 2.15 bits per heavy atom. The van der Waals surface area contributed by atoms with E-state index in [4.69, 9.17) is 17.0 Å². The maximum absolute atomic E-state index is 5.38. The number of methoxy groups -OCH3 is 1. The summed E-state index contributed by atoms with van der Waals surface area (Å²) in [5.41, 5.74) is 1.56. The molecular formula is C13H21N5OS. The van der Waals surface area contributed by atoms with Gasteiger partial charge in [-0.1, -0.05) is 13.8 Å². The number of hydrogen-bond acceptors (Lipinski definition) is 5. The van der Waals surface area contributed by atoms with Crippen molar-refractivity contribution in [2.45, 2.75) is 26.8 Å². The Morgan fingerprint density at radius 1 is 1.35 bits per heavy atom. The van der Waals surface area contributed by atoms with Crippen LogP contribution >= 0.6 is 12.2 Å². The maximum Gasteiger partial charge on any atom is 0.242 e. The SMILES string of the molecule is CCCN(CC)CCn1c(=S)[nH]c2c(OC)ncnc21. The molecule has 2 aromatic heterocycles. The van der Waals surface area contributed by atoms with Crippen LogP contribution in [0.25, 0.3) is 11.2 Å². The zero-order valence-electron chi connectivity index (χ0n) is 12.2. The Balaban J connectivity index is 2.26. The zero-order chi connectivity index (χ0) is 14.5. The minimum absolute atomic E-state index is 0.528. The largest absolute Gasteiger partial charge is 0.479 e. The number of ether oxygens (including phenoxy) is 1. The van der Waals surface area contributed by atoms with E-state index in [1.54, 1.807) is 7.11 Å². The second-order valence-corrected chi connectivity index (χ2v) is 4.98. The number of aromatic nitrogens is 4. The molecule has 0 saturated heterocycles. The predicted molar refractivity (Wildman–Crippen MR) is 81.7 cm³/mol. The number of nitrogens with zero attached hydrogens (tertiary/aromatic N) is 4. The second kappa shape index (κ2) is 6.81. The summed E-state index contributed by atoms with van der Waals surface area (Å²) < 4.78 is 7.89. The van der Waals surface area contributed by atoms with Gasteiger partial charge in [0.05, 0.1) is 7.11 Å². The first-order chi connectivity index (χ1) is 9.71. The molecule has 1 N–H and O–H groups in total. The minimum atomic E-state index is 0.528. The number of rotatable bonds is 7. The molecule has 2 heterocycles. The molecule has 0 bridgehead atoms. The maximum atomic E-state index is 5.38. The second-order valence-electron chi connectivity index (χ2n) is 4.60. The van der Waals surface area contributed by atoms with Gasteiger partial charge in [0.1, 0.15) is 11.8 Å². The van der Waals surface area contributed by atoms with Crippen LogP contribution in [0.2, 0.25) is 0 Å². The van der Waals surface area contributed by atoms with Gasteiger partial charge in [-0.15, -0.1) is 0 Å². The molecule has 2 aromatic rings. The average molecular weight is 295 g/mol. The molecule has 0 spiro atoms. The van der Waals surface area contributed by atoms with Crippen LogP contribution in [0.5, 0.6) is 5.88 Å². The average Bonchev–Trinajstić information content (AvgIpc) is 2.79. The Bertz CT molecular complexity index is 621. The van der Waals surface area contributed by atoms with E-state index in [2.05, 4.69) is 33.7 Å². The molecule has 0 saturated carbocycles. The summed E-state index contributed by atoms with van der Waals surface area (Å²) in [5.74, 6) is 0.528. The van der Waals surface area contributed by atoms with Gasteiger partial charge in [-0.3, -0.25) is 0 Å². The van der Waals surface area contributed by atoms with Crippen molar-refractivity contribution in [3.05, 3.63) is 11.1 Å². The van der Waals surface area contributed by atoms with Gasteiger partial charge in [-0.25, -0.2) is 4.98 Å². The molecule has 0 aromatic carbocycles. The lowest BCUT2D eigenvalue weighted by Crippen LogP contribution is -2.28. The van der Waals surface area contributed by atoms with Crippen molar-refractivity contribution in [2.75, 3.05) is 26.7 Å². The first-order valence-electron chi connectivity index (χ1n) is 6.91. The van der Waals surface area contributed by atoms with Gasteiger partial charge in [0.25, 0.3) is 0 Å². The third kappa shape index (κ3) is 2.99. The molecule has 0 aliphatic heterocycles. The highest BCUT2D eigenvalue weighted by Gasteiger charge is 2.12. The third-order valence-electron chi connectivity index (χ3n) is 3.35. The number of nitrogens with one attached hydrogen (secondary N) is 1. The molecule has 0 radical (unpaired) electrons. The Labute approximate surface area is 123 Å². The molecule has 6 nitrogen and oxygen atoms in total. The van der Waals surface area contributed by atoms with Crippen molar-refractivity contribution < 1.29 is 4.74 Å². The number of fused-ring (bicyclic) bond motifs is 1. The molecule has 0 unspecified atom stereocenters. The summed E-state index contributed by atoms with van der Waals surface area (Å²) in [6.07, 6.45) is 2.66. The molecule has 7 heteroatoms.